The normalized spacial score (nSPS) is 41.5. The molecular weight excluding hydrogens is 186 g/mol. The lowest BCUT2D eigenvalue weighted by Gasteiger charge is -2.38. The van der Waals surface area contributed by atoms with Crippen LogP contribution in [0.2, 0.25) is 0 Å². The molecule has 3 rings (SSSR count). The Bertz CT molecular complexity index is 282. The molecule has 0 aromatic rings. The second-order valence-corrected chi connectivity index (χ2v) is 6.14. The summed E-state index contributed by atoms with van der Waals surface area (Å²) in [5.74, 6) is 2.49. The van der Waals surface area contributed by atoms with Crippen LogP contribution in [0.15, 0.2) is 0 Å². The molecule has 0 amide bonds. The zero-order valence-electron chi connectivity index (χ0n) is 9.37. The summed E-state index contributed by atoms with van der Waals surface area (Å²) in [6.07, 6.45) is 9.22. The average Bonchev–Trinajstić information content (AvgIpc) is 2.75. The van der Waals surface area contributed by atoms with E-state index in [1.807, 2.05) is 0 Å². The van der Waals surface area contributed by atoms with Crippen LogP contribution in [0.5, 0.6) is 0 Å². The zero-order valence-corrected chi connectivity index (χ0v) is 9.37. The molecule has 2 nitrogen and oxygen atoms in total. The Labute approximate surface area is 91.6 Å². The predicted molar refractivity (Wildman–Crippen MR) is 59.3 cm³/mol. The van der Waals surface area contributed by atoms with Gasteiger partial charge in [-0.3, -0.25) is 4.79 Å². The van der Waals surface area contributed by atoms with Gasteiger partial charge in [-0.15, -0.1) is 0 Å². The van der Waals surface area contributed by atoms with E-state index in [0.29, 0.717) is 18.1 Å². The number of rotatable bonds is 3. The first-order valence-corrected chi connectivity index (χ1v) is 6.48. The lowest BCUT2D eigenvalue weighted by Crippen LogP contribution is -2.49. The minimum atomic E-state index is -0.0983. The number of fused-ring (bicyclic) bond motifs is 2. The van der Waals surface area contributed by atoms with Crippen LogP contribution in [-0.2, 0) is 4.79 Å². The molecule has 2 heteroatoms. The number of hydrogen-bond acceptors (Lipinski definition) is 2. The van der Waals surface area contributed by atoms with Crippen molar-refractivity contribution < 1.29 is 4.79 Å². The van der Waals surface area contributed by atoms with Crippen molar-refractivity contribution in [3.8, 4) is 0 Å². The largest absolute Gasteiger partial charge is 0.325 e. The van der Waals surface area contributed by atoms with Crippen molar-refractivity contribution in [1.29, 1.82) is 0 Å². The van der Waals surface area contributed by atoms with E-state index in [4.69, 9.17) is 5.73 Å². The number of Topliss-reactive ketones (excluding diaryl/α,β-unsaturated/α-hetero) is 1. The third-order valence-electron chi connectivity index (χ3n) is 5.03. The van der Waals surface area contributed by atoms with E-state index in [-0.39, 0.29) is 5.54 Å². The highest BCUT2D eigenvalue weighted by atomic mass is 16.1. The molecule has 0 aromatic heterocycles. The van der Waals surface area contributed by atoms with Crippen LogP contribution < -0.4 is 5.73 Å². The highest BCUT2D eigenvalue weighted by Crippen LogP contribution is 2.49. The first-order valence-electron chi connectivity index (χ1n) is 6.48. The third kappa shape index (κ3) is 1.63. The Balaban J connectivity index is 1.60. The second kappa shape index (κ2) is 3.31. The minimum absolute atomic E-state index is 0.0983. The van der Waals surface area contributed by atoms with Crippen LogP contribution >= 0.6 is 0 Å². The lowest BCUT2D eigenvalue weighted by atomic mass is 9.71. The minimum Gasteiger partial charge on any atom is -0.325 e. The van der Waals surface area contributed by atoms with Crippen molar-refractivity contribution in [2.75, 3.05) is 0 Å². The van der Waals surface area contributed by atoms with Gasteiger partial charge in [0.25, 0.3) is 0 Å². The summed E-state index contributed by atoms with van der Waals surface area (Å²) in [4.78, 5) is 12.2. The van der Waals surface area contributed by atoms with E-state index in [9.17, 15) is 4.79 Å². The van der Waals surface area contributed by atoms with Gasteiger partial charge in [0.1, 0.15) is 5.78 Å². The maximum Gasteiger partial charge on any atom is 0.138 e. The summed E-state index contributed by atoms with van der Waals surface area (Å²) < 4.78 is 0. The second-order valence-electron chi connectivity index (χ2n) is 6.14. The number of carbonyl (C=O) groups is 1. The number of hydrogen-bond donors (Lipinski definition) is 1. The molecule has 0 saturated heterocycles. The van der Waals surface area contributed by atoms with Crippen LogP contribution in [-0.4, -0.2) is 11.3 Å². The van der Waals surface area contributed by atoms with Gasteiger partial charge >= 0.3 is 0 Å². The Kier molecular flexibility index (Phi) is 2.17. The van der Waals surface area contributed by atoms with Crippen molar-refractivity contribution in [3.63, 3.8) is 0 Å². The first-order chi connectivity index (χ1) is 7.16. The van der Waals surface area contributed by atoms with Gasteiger partial charge in [0.15, 0.2) is 0 Å². The lowest BCUT2D eigenvalue weighted by molar-refractivity contribution is -0.126. The maximum absolute atomic E-state index is 12.2. The Morgan fingerprint density at radius 3 is 2.53 bits per heavy atom. The quantitative estimate of drug-likeness (QED) is 0.771. The van der Waals surface area contributed by atoms with E-state index in [0.717, 1.165) is 24.7 Å². The summed E-state index contributed by atoms with van der Waals surface area (Å²) in [6.45, 7) is 0. The summed E-state index contributed by atoms with van der Waals surface area (Å²) >= 11 is 0. The average molecular weight is 207 g/mol. The number of carbonyl (C=O) groups excluding carboxylic acids is 1. The first kappa shape index (κ1) is 9.83. The Morgan fingerprint density at radius 1 is 1.27 bits per heavy atom. The monoisotopic (exact) mass is 207 g/mol. The van der Waals surface area contributed by atoms with Crippen LogP contribution in [0.25, 0.3) is 0 Å². The summed E-state index contributed by atoms with van der Waals surface area (Å²) in [6, 6.07) is 0. The van der Waals surface area contributed by atoms with Crippen molar-refractivity contribution in [3.05, 3.63) is 0 Å². The molecule has 0 spiro atoms. The SMILES string of the molecule is NC1(CC(=O)C2CC3CCC2C3)CCC1. The molecule has 2 bridgehead atoms. The fourth-order valence-electron chi connectivity index (χ4n) is 3.92. The molecule has 3 atom stereocenters. The standard InChI is InChI=1S/C13H21NO/c14-13(4-1-5-13)8-12(15)11-7-9-2-3-10(11)6-9/h9-11H,1-8,14H2. The van der Waals surface area contributed by atoms with Gasteiger partial charge in [-0.25, -0.2) is 0 Å². The fourth-order valence-corrected chi connectivity index (χ4v) is 3.92. The summed E-state index contributed by atoms with van der Waals surface area (Å²) in [5.41, 5.74) is 6.05. The summed E-state index contributed by atoms with van der Waals surface area (Å²) in [7, 11) is 0. The van der Waals surface area contributed by atoms with Gasteiger partial charge in [-0.05, 0) is 50.4 Å². The molecule has 3 aliphatic carbocycles. The van der Waals surface area contributed by atoms with Gasteiger partial charge in [-0.1, -0.05) is 6.42 Å². The van der Waals surface area contributed by atoms with E-state index < -0.39 is 0 Å². The Hall–Kier alpha value is -0.370. The highest BCUT2D eigenvalue weighted by Gasteiger charge is 2.45. The van der Waals surface area contributed by atoms with Crippen LogP contribution in [0.4, 0.5) is 0 Å². The van der Waals surface area contributed by atoms with E-state index >= 15 is 0 Å². The highest BCUT2D eigenvalue weighted by molar-refractivity contribution is 5.83. The topological polar surface area (TPSA) is 43.1 Å². The smallest absolute Gasteiger partial charge is 0.138 e. The molecule has 3 aliphatic rings. The molecule has 15 heavy (non-hydrogen) atoms. The van der Waals surface area contributed by atoms with E-state index in [1.54, 1.807) is 0 Å². The molecular formula is C13H21NO. The van der Waals surface area contributed by atoms with Crippen molar-refractivity contribution >= 4 is 5.78 Å². The van der Waals surface area contributed by atoms with Gasteiger partial charge in [-0.2, -0.15) is 0 Å². The van der Waals surface area contributed by atoms with Crippen molar-refractivity contribution in [1.82, 2.24) is 0 Å². The molecule has 0 aliphatic heterocycles. The molecule has 84 valence electrons. The van der Waals surface area contributed by atoms with Crippen LogP contribution in [0, 0.1) is 17.8 Å². The number of nitrogens with two attached hydrogens (primary N) is 1. The fraction of sp³-hybridized carbons (Fsp3) is 0.923. The van der Waals surface area contributed by atoms with Crippen molar-refractivity contribution in [2.45, 2.75) is 56.9 Å². The number of ketones is 1. The van der Waals surface area contributed by atoms with E-state index in [2.05, 4.69) is 0 Å². The Morgan fingerprint density at radius 2 is 2.07 bits per heavy atom. The predicted octanol–water partition coefficient (Wildman–Crippen LogP) is 2.26. The zero-order chi connectivity index (χ0) is 10.5. The van der Waals surface area contributed by atoms with Gasteiger partial charge in [0.2, 0.25) is 0 Å². The van der Waals surface area contributed by atoms with Crippen LogP contribution in [0.1, 0.15) is 51.4 Å². The van der Waals surface area contributed by atoms with Gasteiger partial charge < -0.3 is 5.73 Å². The van der Waals surface area contributed by atoms with Gasteiger partial charge in [0.05, 0.1) is 0 Å². The molecule has 3 fully saturated rings. The van der Waals surface area contributed by atoms with Gasteiger partial charge in [0, 0.05) is 17.9 Å². The maximum atomic E-state index is 12.2. The molecule has 0 aromatic carbocycles. The summed E-state index contributed by atoms with van der Waals surface area (Å²) in [5, 5.41) is 0. The van der Waals surface area contributed by atoms with Crippen molar-refractivity contribution in [2.24, 2.45) is 23.5 Å². The molecule has 2 N–H and O–H groups in total. The molecule has 0 heterocycles. The third-order valence-corrected chi connectivity index (χ3v) is 5.03. The van der Waals surface area contributed by atoms with E-state index in [1.165, 1.54) is 32.1 Å². The molecule has 0 radical (unpaired) electrons. The molecule has 3 unspecified atom stereocenters. The van der Waals surface area contributed by atoms with Crippen LogP contribution in [0.3, 0.4) is 0 Å². The molecule has 3 saturated carbocycles.